The molecule has 26 heavy (non-hydrogen) atoms. The Hall–Kier alpha value is -1.07. The third-order valence-corrected chi connectivity index (χ3v) is 5.26. The van der Waals surface area contributed by atoms with Gasteiger partial charge in [-0.05, 0) is 62.9 Å². The normalized spacial score (nSPS) is 15.0. The summed E-state index contributed by atoms with van der Waals surface area (Å²) in [7, 11) is 0. The van der Waals surface area contributed by atoms with Crippen molar-refractivity contribution in [2.75, 3.05) is 31.6 Å². The van der Waals surface area contributed by atoms with Gasteiger partial charge in [-0.3, -0.25) is 9.69 Å². The summed E-state index contributed by atoms with van der Waals surface area (Å²) in [5, 5.41) is 3.99. The first kappa shape index (κ1) is 21.2. The van der Waals surface area contributed by atoms with Crippen molar-refractivity contribution < 1.29 is 9.53 Å². The Morgan fingerprint density at radius 3 is 2.77 bits per heavy atom. The third kappa shape index (κ3) is 9.04. The van der Waals surface area contributed by atoms with Crippen LogP contribution in [0.25, 0.3) is 0 Å². The number of benzene rings is 1. The van der Waals surface area contributed by atoms with Crippen LogP contribution in [0.3, 0.4) is 0 Å². The van der Waals surface area contributed by atoms with Gasteiger partial charge in [0.25, 0.3) is 0 Å². The highest BCUT2D eigenvalue weighted by Gasteiger charge is 2.10. The molecule has 1 N–H and O–H groups in total. The lowest BCUT2D eigenvalue weighted by molar-refractivity contribution is -0.121. The van der Waals surface area contributed by atoms with E-state index >= 15 is 0 Å². The number of ether oxygens (including phenoxy) is 1. The van der Waals surface area contributed by atoms with Gasteiger partial charge in [-0.2, -0.15) is 0 Å². The van der Waals surface area contributed by atoms with Crippen LogP contribution in [0.15, 0.2) is 24.3 Å². The van der Waals surface area contributed by atoms with Crippen LogP contribution in [0.4, 0.5) is 0 Å². The van der Waals surface area contributed by atoms with Crippen LogP contribution in [-0.4, -0.2) is 42.4 Å². The molecule has 1 aromatic rings. The maximum absolute atomic E-state index is 11.7. The zero-order valence-electron chi connectivity index (χ0n) is 15.9. The van der Waals surface area contributed by atoms with Gasteiger partial charge in [0.1, 0.15) is 5.75 Å². The van der Waals surface area contributed by atoms with Crippen molar-refractivity contribution in [3.05, 3.63) is 29.8 Å². The number of carbonyl (C=O) groups is 1. The molecule has 1 aliphatic heterocycles. The smallest absolute Gasteiger partial charge is 0.219 e. The maximum atomic E-state index is 11.7. The number of hydrogen-bond donors (Lipinski definition) is 1. The highest BCUT2D eigenvalue weighted by molar-refractivity contribution is 9.09. The molecule has 0 bridgehead atoms. The summed E-state index contributed by atoms with van der Waals surface area (Å²) in [5.74, 6) is 1.09. The fraction of sp³-hybridized carbons (Fsp3) is 0.667. The zero-order chi connectivity index (χ0) is 18.5. The van der Waals surface area contributed by atoms with Crippen LogP contribution in [0.2, 0.25) is 0 Å². The number of nitrogens with zero attached hydrogens (tertiary/aromatic N) is 1. The Morgan fingerprint density at radius 2 is 1.96 bits per heavy atom. The van der Waals surface area contributed by atoms with E-state index in [1.165, 1.54) is 37.9 Å². The molecule has 1 fully saturated rings. The molecular formula is C21H33BrN2O2. The summed E-state index contributed by atoms with van der Waals surface area (Å²) in [6.45, 7) is 4.76. The van der Waals surface area contributed by atoms with E-state index < -0.39 is 0 Å². The largest absolute Gasteiger partial charge is 0.494 e. The summed E-state index contributed by atoms with van der Waals surface area (Å²) in [6.07, 6.45) is 8.69. The van der Waals surface area contributed by atoms with Crippen molar-refractivity contribution in [3.63, 3.8) is 0 Å². The van der Waals surface area contributed by atoms with Crippen LogP contribution in [0.1, 0.15) is 56.9 Å². The summed E-state index contributed by atoms with van der Waals surface area (Å²) < 4.78 is 5.86. The molecule has 0 spiro atoms. The van der Waals surface area contributed by atoms with Crippen LogP contribution >= 0.6 is 15.9 Å². The fourth-order valence-corrected chi connectivity index (χ4v) is 3.64. The molecule has 0 unspecified atom stereocenters. The predicted octanol–water partition coefficient (Wildman–Crippen LogP) is 4.51. The lowest BCUT2D eigenvalue weighted by Gasteiger charge is -2.26. The Morgan fingerprint density at radius 1 is 1.12 bits per heavy atom. The monoisotopic (exact) mass is 424 g/mol. The minimum absolute atomic E-state index is 0.156. The maximum Gasteiger partial charge on any atom is 0.219 e. The van der Waals surface area contributed by atoms with Gasteiger partial charge in [0, 0.05) is 24.8 Å². The first-order valence-electron chi connectivity index (χ1n) is 10.0. The second kappa shape index (κ2) is 13.2. The Kier molecular flexibility index (Phi) is 10.7. The van der Waals surface area contributed by atoms with E-state index in [2.05, 4.69) is 44.3 Å². The molecule has 0 aliphatic carbocycles. The van der Waals surface area contributed by atoms with Gasteiger partial charge >= 0.3 is 0 Å². The number of halogens is 1. The quantitative estimate of drug-likeness (QED) is 0.396. The number of alkyl halides is 1. The number of carbonyl (C=O) groups excluding carboxylic acids is 1. The van der Waals surface area contributed by atoms with Crippen molar-refractivity contribution >= 4 is 21.8 Å². The van der Waals surface area contributed by atoms with Gasteiger partial charge in [-0.1, -0.05) is 40.9 Å². The van der Waals surface area contributed by atoms with E-state index in [4.69, 9.17) is 4.74 Å². The molecule has 4 nitrogen and oxygen atoms in total. The van der Waals surface area contributed by atoms with E-state index in [0.29, 0.717) is 19.6 Å². The average Bonchev–Trinajstić information content (AvgIpc) is 2.66. The average molecular weight is 425 g/mol. The molecule has 1 aliphatic rings. The molecule has 1 amide bonds. The highest BCUT2D eigenvalue weighted by atomic mass is 79.9. The standard InChI is InChI=1S/C21H33BrN2O2/c22-12-4-1-3-11-21(25)23-13-8-16-26-20-10-7-9-19(17-20)18-24-14-5-2-6-15-24/h7,9-10,17H,1-6,8,11-16,18H2,(H,23,25). The van der Waals surface area contributed by atoms with Gasteiger partial charge in [-0.15, -0.1) is 0 Å². The number of nitrogens with one attached hydrogen (secondary N) is 1. The van der Waals surface area contributed by atoms with E-state index in [1.54, 1.807) is 0 Å². The minimum atomic E-state index is 0.156. The van der Waals surface area contributed by atoms with Crippen LogP contribution in [0, 0.1) is 0 Å². The van der Waals surface area contributed by atoms with E-state index in [9.17, 15) is 4.79 Å². The molecule has 0 radical (unpaired) electrons. The molecule has 5 heteroatoms. The fourth-order valence-electron chi connectivity index (χ4n) is 3.24. The molecule has 0 saturated carbocycles. The Bertz CT molecular complexity index is 518. The predicted molar refractivity (Wildman–Crippen MR) is 111 cm³/mol. The van der Waals surface area contributed by atoms with Crippen molar-refractivity contribution in [3.8, 4) is 5.75 Å². The molecular weight excluding hydrogens is 392 g/mol. The number of likely N-dealkylation sites (tertiary alicyclic amines) is 1. The van der Waals surface area contributed by atoms with Gasteiger partial charge < -0.3 is 10.1 Å². The van der Waals surface area contributed by atoms with Gasteiger partial charge in [-0.25, -0.2) is 0 Å². The first-order valence-corrected chi connectivity index (χ1v) is 11.2. The van der Waals surface area contributed by atoms with E-state index in [0.717, 1.165) is 43.3 Å². The SMILES string of the molecule is O=C(CCCCCBr)NCCCOc1cccc(CN2CCCCC2)c1. The van der Waals surface area contributed by atoms with Crippen molar-refractivity contribution in [1.82, 2.24) is 10.2 Å². The van der Waals surface area contributed by atoms with Gasteiger partial charge in [0.05, 0.1) is 6.61 Å². The van der Waals surface area contributed by atoms with Crippen LogP contribution in [0.5, 0.6) is 5.75 Å². The summed E-state index contributed by atoms with van der Waals surface area (Å²) in [5.41, 5.74) is 1.32. The molecule has 2 rings (SSSR count). The second-order valence-corrected chi connectivity index (χ2v) is 7.83. The lowest BCUT2D eigenvalue weighted by atomic mass is 10.1. The van der Waals surface area contributed by atoms with Crippen LogP contribution < -0.4 is 10.1 Å². The summed E-state index contributed by atoms with van der Waals surface area (Å²) >= 11 is 3.41. The number of rotatable bonds is 12. The molecule has 0 aromatic heterocycles. The van der Waals surface area contributed by atoms with Crippen LogP contribution in [-0.2, 0) is 11.3 Å². The second-order valence-electron chi connectivity index (χ2n) is 7.04. The number of amides is 1. The van der Waals surface area contributed by atoms with E-state index in [-0.39, 0.29) is 5.91 Å². The molecule has 1 heterocycles. The lowest BCUT2D eigenvalue weighted by Crippen LogP contribution is -2.29. The topological polar surface area (TPSA) is 41.6 Å². The molecule has 1 saturated heterocycles. The van der Waals surface area contributed by atoms with Crippen molar-refractivity contribution in [2.45, 2.75) is 57.9 Å². The minimum Gasteiger partial charge on any atom is -0.494 e. The van der Waals surface area contributed by atoms with Crippen molar-refractivity contribution in [2.24, 2.45) is 0 Å². The van der Waals surface area contributed by atoms with Gasteiger partial charge in [0.15, 0.2) is 0 Å². The number of hydrogen-bond acceptors (Lipinski definition) is 3. The van der Waals surface area contributed by atoms with E-state index in [1.807, 2.05) is 6.07 Å². The summed E-state index contributed by atoms with van der Waals surface area (Å²) in [6, 6.07) is 8.42. The van der Waals surface area contributed by atoms with Crippen molar-refractivity contribution in [1.29, 1.82) is 0 Å². The number of unbranched alkanes of at least 4 members (excludes halogenated alkanes) is 2. The third-order valence-electron chi connectivity index (χ3n) is 4.70. The Labute approximate surface area is 166 Å². The molecule has 146 valence electrons. The zero-order valence-corrected chi connectivity index (χ0v) is 17.4. The first-order chi connectivity index (χ1) is 12.8. The Balaban J connectivity index is 1.57. The molecule has 0 atom stereocenters. The van der Waals surface area contributed by atoms with Gasteiger partial charge in [0.2, 0.25) is 5.91 Å². The summed E-state index contributed by atoms with van der Waals surface area (Å²) in [4.78, 5) is 14.2. The molecule has 1 aromatic carbocycles. The highest BCUT2D eigenvalue weighted by Crippen LogP contribution is 2.17. The number of piperidine rings is 1.